The third-order valence-corrected chi connectivity index (χ3v) is 4.52. The highest BCUT2D eigenvalue weighted by Crippen LogP contribution is 2.26. The molecule has 0 saturated heterocycles. The highest BCUT2D eigenvalue weighted by atomic mass is 35.5. The van der Waals surface area contributed by atoms with Gasteiger partial charge in [0.05, 0.1) is 0 Å². The summed E-state index contributed by atoms with van der Waals surface area (Å²) in [7, 11) is 0. The van der Waals surface area contributed by atoms with Gasteiger partial charge in [-0.05, 0) is 23.6 Å². The highest BCUT2D eigenvalue weighted by molar-refractivity contribution is 7.11. The first-order valence-corrected chi connectivity index (χ1v) is 8.50. The number of carbonyl (C=O) groups is 2. The normalized spacial score (nSPS) is 11.7. The summed E-state index contributed by atoms with van der Waals surface area (Å²) in [6.45, 7) is 0. The van der Waals surface area contributed by atoms with E-state index in [1.54, 1.807) is 66.0 Å². The predicted molar refractivity (Wildman–Crippen MR) is 94.7 cm³/mol. The summed E-state index contributed by atoms with van der Waals surface area (Å²) in [5.74, 6) is -0.794. The van der Waals surface area contributed by atoms with Gasteiger partial charge in [-0.25, -0.2) is 4.79 Å². The second-order valence-corrected chi connectivity index (χ2v) is 6.43. The third kappa shape index (κ3) is 3.72. The summed E-state index contributed by atoms with van der Waals surface area (Å²) < 4.78 is 5.52. The number of halogens is 1. The number of hydrogen-bond acceptors (Lipinski definition) is 4. The fourth-order valence-corrected chi connectivity index (χ4v) is 2.96. The van der Waals surface area contributed by atoms with E-state index in [4.69, 9.17) is 16.3 Å². The molecule has 0 aliphatic rings. The van der Waals surface area contributed by atoms with Crippen LogP contribution < -0.4 is 0 Å². The number of thiophene rings is 1. The van der Waals surface area contributed by atoms with Gasteiger partial charge in [-0.1, -0.05) is 60.1 Å². The average molecular weight is 357 g/mol. The summed E-state index contributed by atoms with van der Waals surface area (Å²) >= 11 is 7.18. The van der Waals surface area contributed by atoms with E-state index in [2.05, 4.69) is 0 Å². The third-order valence-electron chi connectivity index (χ3n) is 3.42. The van der Waals surface area contributed by atoms with Crippen LogP contribution in [0.25, 0.3) is 0 Å². The van der Waals surface area contributed by atoms with E-state index in [1.165, 1.54) is 11.3 Å². The lowest BCUT2D eigenvalue weighted by Crippen LogP contribution is -2.20. The van der Waals surface area contributed by atoms with Crippen LogP contribution in [0.3, 0.4) is 0 Å². The Morgan fingerprint density at radius 3 is 2.25 bits per heavy atom. The van der Waals surface area contributed by atoms with Crippen LogP contribution in [0, 0.1) is 0 Å². The predicted octanol–water partition coefficient (Wildman–Crippen LogP) is 5.18. The Morgan fingerprint density at radius 2 is 1.62 bits per heavy atom. The zero-order chi connectivity index (χ0) is 16.9. The summed E-state index contributed by atoms with van der Waals surface area (Å²) in [6.07, 6.45) is -1.01. The van der Waals surface area contributed by atoms with Crippen molar-refractivity contribution in [3.8, 4) is 0 Å². The number of rotatable bonds is 5. The van der Waals surface area contributed by atoms with Crippen molar-refractivity contribution in [3.05, 3.63) is 93.1 Å². The molecule has 1 atom stereocenters. The van der Waals surface area contributed by atoms with Gasteiger partial charge in [0.15, 0.2) is 6.10 Å². The Labute approximate surface area is 148 Å². The summed E-state index contributed by atoms with van der Waals surface area (Å²) in [5.41, 5.74) is 1.06. The lowest BCUT2D eigenvalue weighted by atomic mass is 10.00. The number of carbonyl (C=O) groups excluding carboxylic acids is 2. The molecule has 0 fully saturated rings. The molecule has 0 spiro atoms. The smallest absolute Gasteiger partial charge is 0.349 e. The number of esters is 1. The largest absolute Gasteiger partial charge is 0.445 e. The molecule has 5 heteroatoms. The second-order valence-electron chi connectivity index (χ2n) is 5.04. The molecule has 0 saturated carbocycles. The Morgan fingerprint density at radius 1 is 0.917 bits per heavy atom. The minimum atomic E-state index is -1.01. The second kappa shape index (κ2) is 7.43. The molecule has 2 aromatic carbocycles. The van der Waals surface area contributed by atoms with Gasteiger partial charge in [0, 0.05) is 16.1 Å². The van der Waals surface area contributed by atoms with Crippen LogP contribution >= 0.6 is 22.9 Å². The van der Waals surface area contributed by atoms with E-state index >= 15 is 0 Å². The van der Waals surface area contributed by atoms with Crippen molar-refractivity contribution in [2.75, 3.05) is 0 Å². The lowest BCUT2D eigenvalue weighted by Gasteiger charge is -2.17. The summed E-state index contributed by atoms with van der Waals surface area (Å²) in [6, 6.07) is 18.9. The van der Waals surface area contributed by atoms with E-state index in [1.807, 2.05) is 6.07 Å². The molecule has 24 heavy (non-hydrogen) atoms. The van der Waals surface area contributed by atoms with Crippen LogP contribution in [-0.4, -0.2) is 11.8 Å². The molecule has 3 nitrogen and oxygen atoms in total. The van der Waals surface area contributed by atoms with Crippen molar-refractivity contribution in [1.82, 2.24) is 0 Å². The Kier molecular flexibility index (Phi) is 5.08. The zero-order valence-electron chi connectivity index (χ0n) is 12.5. The molecular formula is C19H13ClO3S. The number of hydrogen-bond donors (Lipinski definition) is 0. The quantitative estimate of drug-likeness (QED) is 0.467. The molecule has 1 aromatic heterocycles. The Balaban J connectivity index is 1.93. The molecule has 3 aromatic rings. The molecule has 1 heterocycles. The maximum Gasteiger partial charge on any atom is 0.349 e. The van der Waals surface area contributed by atoms with Gasteiger partial charge in [0.2, 0.25) is 5.78 Å². The van der Waals surface area contributed by atoms with Crippen LogP contribution in [0.15, 0.2) is 72.1 Å². The van der Waals surface area contributed by atoms with Gasteiger partial charge in [-0.3, -0.25) is 4.79 Å². The van der Waals surface area contributed by atoms with E-state index in [0.717, 1.165) is 0 Å². The van der Waals surface area contributed by atoms with Crippen LogP contribution in [0.2, 0.25) is 5.02 Å². The van der Waals surface area contributed by atoms with E-state index in [-0.39, 0.29) is 5.78 Å². The fourth-order valence-electron chi connectivity index (χ4n) is 2.22. The van der Waals surface area contributed by atoms with Crippen molar-refractivity contribution < 1.29 is 14.3 Å². The van der Waals surface area contributed by atoms with Crippen LogP contribution in [0.4, 0.5) is 0 Å². The molecule has 0 N–H and O–H groups in total. The first-order valence-electron chi connectivity index (χ1n) is 7.24. The van der Waals surface area contributed by atoms with E-state index in [0.29, 0.717) is 21.0 Å². The van der Waals surface area contributed by atoms with Gasteiger partial charge in [0.25, 0.3) is 0 Å². The van der Waals surface area contributed by atoms with Crippen LogP contribution in [0.1, 0.15) is 31.7 Å². The standard InChI is InChI=1S/C19H13ClO3S/c20-15-10-8-14(9-11-15)18(17(21)13-5-2-1-3-6-13)23-19(22)16-7-4-12-24-16/h1-12,18H/t18-/m0/s1. The molecular weight excluding hydrogens is 344 g/mol. The first-order chi connectivity index (χ1) is 11.6. The van der Waals surface area contributed by atoms with Gasteiger partial charge in [-0.15, -0.1) is 11.3 Å². The minimum Gasteiger partial charge on any atom is -0.445 e. The van der Waals surface area contributed by atoms with Gasteiger partial charge < -0.3 is 4.74 Å². The number of ether oxygens (including phenoxy) is 1. The monoisotopic (exact) mass is 356 g/mol. The van der Waals surface area contributed by atoms with E-state index < -0.39 is 12.1 Å². The zero-order valence-corrected chi connectivity index (χ0v) is 14.1. The van der Waals surface area contributed by atoms with Crippen molar-refractivity contribution >= 4 is 34.7 Å². The number of ketones is 1. The number of Topliss-reactive ketones (excluding diaryl/α,β-unsaturated/α-hetero) is 1. The SMILES string of the molecule is O=C(O[C@H](C(=O)c1ccccc1)c1ccc(Cl)cc1)c1cccs1. The van der Waals surface area contributed by atoms with Crippen molar-refractivity contribution in [2.45, 2.75) is 6.10 Å². The molecule has 120 valence electrons. The molecule has 0 bridgehead atoms. The van der Waals surface area contributed by atoms with E-state index in [9.17, 15) is 9.59 Å². The lowest BCUT2D eigenvalue weighted by molar-refractivity contribution is 0.0285. The maximum atomic E-state index is 12.8. The van der Waals surface area contributed by atoms with Gasteiger partial charge in [0.1, 0.15) is 4.88 Å². The van der Waals surface area contributed by atoms with Gasteiger partial charge >= 0.3 is 5.97 Å². The van der Waals surface area contributed by atoms with Crippen LogP contribution in [-0.2, 0) is 4.74 Å². The average Bonchev–Trinajstić information content (AvgIpc) is 3.15. The molecule has 0 aliphatic heterocycles. The molecule has 3 rings (SSSR count). The molecule has 0 aliphatic carbocycles. The van der Waals surface area contributed by atoms with Crippen molar-refractivity contribution in [3.63, 3.8) is 0 Å². The maximum absolute atomic E-state index is 12.8. The Bertz CT molecular complexity index is 827. The first kappa shape index (κ1) is 16.4. The number of benzene rings is 2. The highest BCUT2D eigenvalue weighted by Gasteiger charge is 2.27. The fraction of sp³-hybridized carbons (Fsp3) is 0.0526. The minimum absolute atomic E-state index is 0.275. The summed E-state index contributed by atoms with van der Waals surface area (Å²) in [4.78, 5) is 25.6. The molecule has 0 amide bonds. The molecule has 0 radical (unpaired) electrons. The van der Waals surface area contributed by atoms with Gasteiger partial charge in [-0.2, -0.15) is 0 Å². The summed E-state index contributed by atoms with van der Waals surface area (Å²) in [5, 5.41) is 2.33. The Hall–Kier alpha value is -2.43. The van der Waals surface area contributed by atoms with Crippen LogP contribution in [0.5, 0.6) is 0 Å². The van der Waals surface area contributed by atoms with Crippen molar-refractivity contribution in [1.29, 1.82) is 0 Å². The topological polar surface area (TPSA) is 43.4 Å². The van der Waals surface area contributed by atoms with Crippen molar-refractivity contribution in [2.24, 2.45) is 0 Å². The molecule has 0 unspecified atom stereocenters.